The molecule has 1 saturated heterocycles. The van der Waals surface area contributed by atoms with E-state index in [-0.39, 0.29) is 23.8 Å². The van der Waals surface area contributed by atoms with Crippen LogP contribution in [0.5, 0.6) is 0 Å². The van der Waals surface area contributed by atoms with Gasteiger partial charge in [0.2, 0.25) is 5.91 Å². The number of benzene rings is 2. The van der Waals surface area contributed by atoms with Gasteiger partial charge >= 0.3 is 0 Å². The smallest absolute Gasteiger partial charge is 0.240 e. The van der Waals surface area contributed by atoms with E-state index in [2.05, 4.69) is 57.7 Å². The van der Waals surface area contributed by atoms with E-state index in [0.29, 0.717) is 41.0 Å². The van der Waals surface area contributed by atoms with Gasteiger partial charge in [-0.15, -0.1) is 5.10 Å². The normalized spacial score (nSPS) is 26.0. The first kappa shape index (κ1) is 31.9. The third kappa shape index (κ3) is 6.99. The molecule has 248 valence electrons. The first-order valence-electron chi connectivity index (χ1n) is 16.5. The Kier molecular flexibility index (Phi) is 9.14. The predicted octanol–water partition coefficient (Wildman–Crippen LogP) is 5.17. The van der Waals surface area contributed by atoms with Crippen LogP contribution in [0, 0.1) is 11.7 Å². The van der Waals surface area contributed by atoms with Gasteiger partial charge in [-0.2, -0.15) is 0 Å². The van der Waals surface area contributed by atoms with Crippen molar-refractivity contribution < 1.29 is 18.7 Å². The zero-order chi connectivity index (χ0) is 32.5. The summed E-state index contributed by atoms with van der Waals surface area (Å²) in [4.78, 5) is 23.3. The van der Waals surface area contributed by atoms with Crippen LogP contribution in [0.15, 0.2) is 59.8 Å². The summed E-state index contributed by atoms with van der Waals surface area (Å²) in [6.45, 7) is 6.44. The van der Waals surface area contributed by atoms with E-state index in [0.717, 1.165) is 37.0 Å². The zero-order valence-corrected chi connectivity index (χ0v) is 27.7. The number of fused-ring (bicyclic) bond motifs is 2. The van der Waals surface area contributed by atoms with Crippen molar-refractivity contribution in [1.29, 1.82) is 0 Å². The monoisotopic (exact) mass is 660 g/mol. The summed E-state index contributed by atoms with van der Waals surface area (Å²) < 4.78 is 27.7. The minimum Gasteiger partial charge on any atom is -0.365 e. The number of anilines is 1. The molecule has 6 unspecified atom stereocenters. The predicted molar refractivity (Wildman–Crippen MR) is 177 cm³/mol. The number of amides is 1. The number of hydrogen-bond donors (Lipinski definition) is 3. The summed E-state index contributed by atoms with van der Waals surface area (Å²) in [6.07, 6.45) is 3.16. The van der Waals surface area contributed by atoms with Crippen LogP contribution in [0.4, 0.5) is 10.2 Å². The molecular weight excluding hydrogens is 619 g/mol. The van der Waals surface area contributed by atoms with Crippen LogP contribution in [-0.2, 0) is 20.7 Å². The molecule has 11 nitrogen and oxygen atoms in total. The van der Waals surface area contributed by atoms with Crippen molar-refractivity contribution in [2.24, 2.45) is 5.92 Å². The fourth-order valence-electron chi connectivity index (χ4n) is 6.71. The zero-order valence-electron chi connectivity index (χ0n) is 26.9. The molecular formula is C34H41FN8O3S. The van der Waals surface area contributed by atoms with Gasteiger partial charge in [0, 0.05) is 24.3 Å². The minimum absolute atomic E-state index is 0.160. The van der Waals surface area contributed by atoms with Crippen LogP contribution in [0.2, 0.25) is 0 Å². The Balaban J connectivity index is 1.08. The van der Waals surface area contributed by atoms with E-state index in [1.165, 1.54) is 17.7 Å². The van der Waals surface area contributed by atoms with Crippen LogP contribution < -0.4 is 16.2 Å². The lowest BCUT2D eigenvalue weighted by Crippen LogP contribution is -2.45. The molecule has 0 spiro atoms. The van der Waals surface area contributed by atoms with E-state index in [4.69, 9.17) is 19.4 Å². The van der Waals surface area contributed by atoms with E-state index in [1.807, 2.05) is 24.6 Å². The molecule has 3 aliphatic rings. The first-order valence-corrected chi connectivity index (χ1v) is 17.5. The molecule has 0 bridgehead atoms. The van der Waals surface area contributed by atoms with Crippen molar-refractivity contribution >= 4 is 34.7 Å². The quantitative estimate of drug-likeness (QED) is 0.0766. The Morgan fingerprint density at radius 1 is 1.06 bits per heavy atom. The van der Waals surface area contributed by atoms with Crippen molar-refractivity contribution in [1.82, 2.24) is 35.8 Å². The van der Waals surface area contributed by atoms with Gasteiger partial charge in [-0.3, -0.25) is 10.2 Å². The number of nitrogens with zero attached hydrogens (tertiary/aromatic N) is 5. The largest absolute Gasteiger partial charge is 0.365 e. The van der Waals surface area contributed by atoms with Crippen LogP contribution in [0.25, 0.3) is 11.2 Å². The second kappa shape index (κ2) is 13.5. The Morgan fingerprint density at radius 2 is 1.85 bits per heavy atom. The molecule has 3 fully saturated rings. The summed E-state index contributed by atoms with van der Waals surface area (Å²) in [6, 6.07) is 16.9. The maximum absolute atomic E-state index is 13.5. The Bertz CT molecular complexity index is 1710. The van der Waals surface area contributed by atoms with Crippen molar-refractivity contribution in [2.45, 2.75) is 94.0 Å². The van der Waals surface area contributed by atoms with Crippen LogP contribution in [-0.4, -0.2) is 67.2 Å². The number of carbonyl (C=O) groups is 1. The maximum atomic E-state index is 13.5. The summed E-state index contributed by atoms with van der Waals surface area (Å²) in [5, 5.41) is 13.5. The fourth-order valence-corrected chi connectivity index (χ4v) is 7.41. The highest BCUT2D eigenvalue weighted by Crippen LogP contribution is 2.48. The highest BCUT2D eigenvalue weighted by atomic mass is 32.2. The molecule has 3 heterocycles. The lowest BCUT2D eigenvalue weighted by atomic mass is 10.1. The lowest BCUT2D eigenvalue weighted by Gasteiger charge is -2.23. The molecule has 3 N–H and O–H groups in total. The van der Waals surface area contributed by atoms with E-state index in [1.54, 1.807) is 23.9 Å². The summed E-state index contributed by atoms with van der Waals surface area (Å²) in [5.74, 6) is 0.257. The average molecular weight is 661 g/mol. The summed E-state index contributed by atoms with van der Waals surface area (Å²) in [5.41, 5.74) is 9.53. The molecule has 13 heteroatoms. The molecule has 0 radical (unpaired) electrons. The topological polar surface area (TPSA) is 128 Å². The second-order valence-electron chi connectivity index (χ2n) is 13.0. The summed E-state index contributed by atoms with van der Waals surface area (Å²) >= 11 is 1.61. The first-order chi connectivity index (χ1) is 22.8. The van der Waals surface area contributed by atoms with Gasteiger partial charge in [-0.1, -0.05) is 66.4 Å². The molecule has 47 heavy (non-hydrogen) atoms. The number of ether oxygens (including phenoxy) is 2. The van der Waals surface area contributed by atoms with Gasteiger partial charge in [0.1, 0.15) is 18.0 Å². The third-order valence-electron chi connectivity index (χ3n) is 9.06. The molecule has 7 rings (SSSR count). The molecule has 1 aliphatic heterocycles. The number of thioether (sulfide) groups is 1. The Labute approximate surface area is 277 Å². The van der Waals surface area contributed by atoms with E-state index < -0.39 is 23.9 Å². The fraction of sp³-hybridized carbons (Fsp3) is 0.500. The van der Waals surface area contributed by atoms with Gasteiger partial charge in [-0.25, -0.2) is 24.5 Å². The summed E-state index contributed by atoms with van der Waals surface area (Å²) in [7, 11) is 0. The lowest BCUT2D eigenvalue weighted by molar-refractivity contribution is -0.163. The number of nitrogens with one attached hydrogen (secondary N) is 3. The van der Waals surface area contributed by atoms with Crippen LogP contribution in [0.3, 0.4) is 0 Å². The molecule has 1 amide bonds. The Hall–Kier alpha value is -3.65. The van der Waals surface area contributed by atoms with Gasteiger partial charge in [0.05, 0.1) is 12.0 Å². The van der Waals surface area contributed by atoms with Gasteiger partial charge in [-0.05, 0) is 69.2 Å². The second-order valence-corrected chi connectivity index (χ2v) is 14.1. The van der Waals surface area contributed by atoms with E-state index >= 15 is 0 Å². The number of carbonyl (C=O) groups excluding carboxylic acids is 1. The molecule has 4 aromatic rings. The van der Waals surface area contributed by atoms with Crippen molar-refractivity contribution in [3.8, 4) is 0 Å². The van der Waals surface area contributed by atoms with Gasteiger partial charge in [0.15, 0.2) is 27.9 Å². The maximum Gasteiger partial charge on any atom is 0.240 e. The van der Waals surface area contributed by atoms with Crippen LogP contribution in [0.1, 0.15) is 69.5 Å². The number of rotatable bonds is 13. The van der Waals surface area contributed by atoms with Crippen LogP contribution >= 0.6 is 11.8 Å². The molecule has 2 saturated carbocycles. The SMILES string of the molecule is CCCSc1nc(NC2CC2c2ccccc2)c2nnn(C3CC(C(=O)NNCCCc4ccc(F)cc4)C4OC(C)(C)OC43)c2n1. The number of hydrogen-bond acceptors (Lipinski definition) is 10. The number of halogens is 1. The molecule has 2 aliphatic carbocycles. The highest BCUT2D eigenvalue weighted by Gasteiger charge is 2.57. The highest BCUT2D eigenvalue weighted by molar-refractivity contribution is 7.99. The van der Waals surface area contributed by atoms with Gasteiger partial charge < -0.3 is 14.8 Å². The van der Waals surface area contributed by atoms with E-state index in [9.17, 15) is 9.18 Å². The third-order valence-corrected chi connectivity index (χ3v) is 10.1. The van der Waals surface area contributed by atoms with Crippen molar-refractivity contribution in [3.63, 3.8) is 0 Å². The number of aryl methyl sites for hydroxylation is 1. The van der Waals surface area contributed by atoms with Gasteiger partial charge in [0.25, 0.3) is 0 Å². The minimum atomic E-state index is -0.853. The van der Waals surface area contributed by atoms with Crippen molar-refractivity contribution in [2.75, 3.05) is 17.6 Å². The number of hydrazine groups is 1. The average Bonchev–Trinajstić information content (AvgIpc) is 3.39. The molecule has 2 aromatic carbocycles. The molecule has 2 aromatic heterocycles. The van der Waals surface area contributed by atoms with Crippen molar-refractivity contribution in [3.05, 3.63) is 71.5 Å². The number of aromatic nitrogens is 5. The Morgan fingerprint density at radius 3 is 2.64 bits per heavy atom. The molecule has 6 atom stereocenters. The standard InChI is InChI=1S/C34H41FN8O3S/c1-4-17-47-33-38-30(37-25-18-23(25)21-10-6-5-7-11-21)27-31(39-33)43(42-40-27)26-19-24(28-29(26)46-34(2,3)45-28)32(44)41-36-16-8-9-20-12-14-22(35)15-13-20/h5-7,10-15,23-26,28-29,36H,4,8-9,16-19H2,1-3H3,(H,41,44)(H,37,38,39).